The van der Waals surface area contributed by atoms with Crippen LogP contribution >= 0.6 is 23.2 Å². The molecule has 1 aliphatic carbocycles. The first kappa shape index (κ1) is 26.3. The van der Waals surface area contributed by atoms with E-state index in [0.29, 0.717) is 47.6 Å². The molecule has 2 aromatic rings. The molecular weight excluding hydrogens is 510 g/mol. The number of carbonyl (C=O) groups is 3. The van der Waals surface area contributed by atoms with Gasteiger partial charge >= 0.3 is 5.97 Å². The minimum atomic E-state index is -0.777. The van der Waals surface area contributed by atoms with Crippen LogP contribution in [-0.4, -0.2) is 49.1 Å². The summed E-state index contributed by atoms with van der Waals surface area (Å²) in [6, 6.07) is 8.78. The molecule has 0 radical (unpaired) electrons. The molecule has 5 N–H and O–H groups in total. The molecule has 3 atom stereocenters. The molecule has 8 nitrogen and oxygen atoms in total. The second-order valence-corrected chi connectivity index (χ2v) is 10.2. The maximum Gasteiger partial charge on any atom is 0.320 e. The first-order chi connectivity index (χ1) is 17.2. The summed E-state index contributed by atoms with van der Waals surface area (Å²) in [5, 5.41) is 9.25. The number of nitrogens with one attached hydrogen (secondary N) is 3. The van der Waals surface area contributed by atoms with Gasteiger partial charge in [-0.3, -0.25) is 14.4 Å². The summed E-state index contributed by atoms with van der Waals surface area (Å²) in [7, 11) is 0. The van der Waals surface area contributed by atoms with Crippen molar-refractivity contribution in [3.05, 3.63) is 63.4 Å². The van der Waals surface area contributed by atoms with Gasteiger partial charge in [0.05, 0.1) is 17.6 Å². The third-order valence-corrected chi connectivity index (χ3v) is 7.36. The van der Waals surface area contributed by atoms with Gasteiger partial charge in [0.25, 0.3) is 0 Å². The molecule has 0 bridgehead atoms. The molecule has 2 aromatic carbocycles. The normalized spacial score (nSPS) is 27.1. The highest BCUT2D eigenvalue weighted by atomic mass is 35.5. The Bertz CT molecular complexity index is 1170. The van der Waals surface area contributed by atoms with Crippen molar-refractivity contribution < 1.29 is 23.5 Å². The van der Waals surface area contributed by atoms with Crippen LogP contribution in [-0.2, 0) is 19.1 Å². The summed E-state index contributed by atoms with van der Waals surface area (Å²) < 4.78 is 20.6. The number of halogens is 3. The lowest BCUT2D eigenvalue weighted by molar-refractivity contribution is -0.167. The lowest BCUT2D eigenvalue weighted by atomic mass is 9.76. The predicted molar refractivity (Wildman–Crippen MR) is 135 cm³/mol. The Labute approximate surface area is 218 Å². The molecule has 1 saturated heterocycles. The number of hydrogen-bond donors (Lipinski definition) is 4. The molecule has 1 saturated carbocycles. The molecule has 0 aromatic heterocycles. The SMILES string of the molecule is CC1(OC(=O)CN)CC(NC(=O)[C@@H]2NCC(c3ccc(Cl)cc3NC=O)C2c2cccc(Cl)c2F)C1. The average Bonchev–Trinajstić information content (AvgIpc) is 3.25. The number of esters is 1. The fourth-order valence-electron chi connectivity index (χ4n) is 5.29. The van der Waals surface area contributed by atoms with Crippen molar-refractivity contribution in [2.24, 2.45) is 5.73 Å². The molecule has 2 amide bonds. The Kier molecular flexibility index (Phi) is 7.85. The highest BCUT2D eigenvalue weighted by Crippen LogP contribution is 2.45. The zero-order valence-electron chi connectivity index (χ0n) is 19.5. The number of carbonyl (C=O) groups excluding carboxylic acids is 3. The lowest BCUT2D eigenvalue weighted by Gasteiger charge is -2.44. The third kappa shape index (κ3) is 5.34. The summed E-state index contributed by atoms with van der Waals surface area (Å²) in [4.78, 5) is 36.2. The first-order valence-corrected chi connectivity index (χ1v) is 12.3. The molecule has 192 valence electrons. The van der Waals surface area contributed by atoms with E-state index in [1.165, 1.54) is 6.07 Å². The average molecular weight is 537 g/mol. The number of hydrogen-bond acceptors (Lipinski definition) is 6. The number of benzene rings is 2. The van der Waals surface area contributed by atoms with Gasteiger partial charge in [-0.2, -0.15) is 0 Å². The molecule has 4 rings (SSSR count). The van der Waals surface area contributed by atoms with Gasteiger partial charge in [0.1, 0.15) is 11.4 Å². The third-order valence-electron chi connectivity index (χ3n) is 6.83. The summed E-state index contributed by atoms with van der Waals surface area (Å²) in [5.74, 6) is -2.40. The van der Waals surface area contributed by atoms with Crippen LogP contribution in [0.4, 0.5) is 10.1 Å². The van der Waals surface area contributed by atoms with Crippen molar-refractivity contribution in [3.8, 4) is 0 Å². The second-order valence-electron chi connectivity index (χ2n) is 9.40. The molecule has 36 heavy (non-hydrogen) atoms. The Morgan fingerprint density at radius 1 is 1.25 bits per heavy atom. The van der Waals surface area contributed by atoms with E-state index in [2.05, 4.69) is 16.0 Å². The standard InChI is InChI=1S/C25H27Cl2FN4O4/c1-25(36-20(34)10-29)8-14(9-25)32-24(35)23-21(16-3-2-4-18(27)22(16)28)17(11-30-23)15-6-5-13(26)7-19(15)31-12-33/h2-7,12,14,17,21,23,30H,8-11,29H2,1H3,(H,31,33)(H,32,35)/t14?,17?,21?,23-,25?/m1/s1. The van der Waals surface area contributed by atoms with Crippen LogP contribution in [0.25, 0.3) is 0 Å². The van der Waals surface area contributed by atoms with Gasteiger partial charge in [-0.15, -0.1) is 0 Å². The molecule has 2 aliphatic rings. The van der Waals surface area contributed by atoms with Gasteiger partial charge in [-0.25, -0.2) is 4.39 Å². The van der Waals surface area contributed by atoms with Crippen molar-refractivity contribution in [1.29, 1.82) is 0 Å². The largest absolute Gasteiger partial charge is 0.458 e. The van der Waals surface area contributed by atoms with E-state index in [1.54, 1.807) is 37.3 Å². The van der Waals surface area contributed by atoms with Crippen LogP contribution < -0.4 is 21.7 Å². The number of anilines is 1. The Balaban J connectivity index is 1.60. The predicted octanol–water partition coefficient (Wildman–Crippen LogP) is 3.08. The molecular formula is C25H27Cl2FN4O4. The van der Waals surface area contributed by atoms with Crippen molar-refractivity contribution in [2.75, 3.05) is 18.4 Å². The topological polar surface area (TPSA) is 123 Å². The summed E-state index contributed by atoms with van der Waals surface area (Å²) in [5.41, 5.74) is 6.13. The zero-order chi connectivity index (χ0) is 26.0. The first-order valence-electron chi connectivity index (χ1n) is 11.5. The Hall–Kier alpha value is -2.72. The number of amides is 2. The van der Waals surface area contributed by atoms with Crippen molar-refractivity contribution >= 4 is 47.2 Å². The number of nitrogens with two attached hydrogens (primary N) is 1. The highest BCUT2D eigenvalue weighted by Gasteiger charge is 2.48. The van der Waals surface area contributed by atoms with E-state index in [-0.39, 0.29) is 29.4 Å². The molecule has 2 unspecified atom stereocenters. The van der Waals surface area contributed by atoms with Crippen LogP contribution in [0.5, 0.6) is 0 Å². The smallest absolute Gasteiger partial charge is 0.320 e. The van der Waals surface area contributed by atoms with Crippen LogP contribution in [0, 0.1) is 5.82 Å². The highest BCUT2D eigenvalue weighted by molar-refractivity contribution is 6.31. The molecule has 11 heteroatoms. The Morgan fingerprint density at radius 3 is 2.69 bits per heavy atom. The van der Waals surface area contributed by atoms with Crippen molar-refractivity contribution in [3.63, 3.8) is 0 Å². The second kappa shape index (κ2) is 10.7. The molecule has 1 aliphatic heterocycles. The van der Waals surface area contributed by atoms with E-state index < -0.39 is 29.3 Å². The zero-order valence-corrected chi connectivity index (χ0v) is 21.0. The van der Waals surface area contributed by atoms with E-state index in [9.17, 15) is 14.4 Å². The van der Waals surface area contributed by atoms with E-state index in [4.69, 9.17) is 33.7 Å². The minimum absolute atomic E-state index is 0.0452. The molecule has 1 heterocycles. The van der Waals surface area contributed by atoms with E-state index in [1.807, 2.05) is 0 Å². The van der Waals surface area contributed by atoms with Gasteiger partial charge in [0, 0.05) is 48.0 Å². The summed E-state index contributed by atoms with van der Waals surface area (Å²) in [6.07, 6.45) is 1.44. The number of ether oxygens (including phenoxy) is 1. The van der Waals surface area contributed by atoms with Gasteiger partial charge in [0.2, 0.25) is 12.3 Å². The fraction of sp³-hybridized carbons (Fsp3) is 0.400. The van der Waals surface area contributed by atoms with E-state index >= 15 is 4.39 Å². The minimum Gasteiger partial charge on any atom is -0.458 e. The van der Waals surface area contributed by atoms with Crippen molar-refractivity contribution in [2.45, 2.75) is 49.3 Å². The van der Waals surface area contributed by atoms with Gasteiger partial charge in [-0.1, -0.05) is 41.4 Å². The van der Waals surface area contributed by atoms with Gasteiger partial charge in [0.15, 0.2) is 0 Å². The van der Waals surface area contributed by atoms with E-state index in [0.717, 1.165) is 0 Å². The number of rotatable bonds is 8. The van der Waals surface area contributed by atoms with Gasteiger partial charge in [-0.05, 0) is 36.2 Å². The fourth-order valence-corrected chi connectivity index (χ4v) is 5.64. The van der Waals surface area contributed by atoms with Crippen LogP contribution in [0.3, 0.4) is 0 Å². The maximum absolute atomic E-state index is 15.2. The molecule has 2 fully saturated rings. The summed E-state index contributed by atoms with van der Waals surface area (Å²) in [6.45, 7) is 1.93. The Morgan fingerprint density at radius 2 is 2.00 bits per heavy atom. The maximum atomic E-state index is 15.2. The van der Waals surface area contributed by atoms with Gasteiger partial charge < -0.3 is 26.4 Å². The van der Waals surface area contributed by atoms with Crippen LogP contribution in [0.1, 0.15) is 42.7 Å². The lowest BCUT2D eigenvalue weighted by Crippen LogP contribution is -2.58. The van der Waals surface area contributed by atoms with Crippen molar-refractivity contribution in [1.82, 2.24) is 10.6 Å². The van der Waals surface area contributed by atoms with Crippen LogP contribution in [0.2, 0.25) is 10.0 Å². The summed E-state index contributed by atoms with van der Waals surface area (Å²) >= 11 is 12.2. The van der Waals surface area contributed by atoms with Crippen LogP contribution in [0.15, 0.2) is 36.4 Å². The molecule has 0 spiro atoms. The monoisotopic (exact) mass is 536 g/mol. The quantitative estimate of drug-likeness (QED) is 0.303.